The molecule has 0 saturated carbocycles. The Hall–Kier alpha value is -3.06. The molecule has 1 aromatic heterocycles. The molecule has 3 rings (SSSR count). The van der Waals surface area contributed by atoms with Crippen molar-refractivity contribution in [3.8, 4) is 17.0 Å². The molecule has 28 heavy (non-hydrogen) atoms. The van der Waals surface area contributed by atoms with E-state index in [0.717, 1.165) is 45.3 Å². The number of anilines is 2. The fourth-order valence-electron chi connectivity index (χ4n) is 2.89. The van der Waals surface area contributed by atoms with Gasteiger partial charge in [0.1, 0.15) is 5.75 Å². The van der Waals surface area contributed by atoms with E-state index in [1.165, 1.54) is 6.20 Å². The van der Waals surface area contributed by atoms with Gasteiger partial charge in [-0.05, 0) is 36.6 Å². The lowest BCUT2D eigenvalue weighted by Crippen LogP contribution is -2.09. The molecule has 0 unspecified atom stereocenters. The van der Waals surface area contributed by atoms with Gasteiger partial charge < -0.3 is 10.1 Å². The number of sulfonamides is 1. The van der Waals surface area contributed by atoms with Gasteiger partial charge in [0, 0.05) is 17.5 Å². The second-order valence-corrected chi connectivity index (χ2v) is 8.44. The highest BCUT2D eigenvalue weighted by molar-refractivity contribution is 7.92. The molecule has 0 aliphatic rings. The summed E-state index contributed by atoms with van der Waals surface area (Å²) >= 11 is 0. The van der Waals surface area contributed by atoms with E-state index in [9.17, 15) is 8.42 Å². The van der Waals surface area contributed by atoms with Crippen LogP contribution in [0.5, 0.6) is 5.75 Å². The second-order valence-electron chi connectivity index (χ2n) is 6.70. The first kappa shape index (κ1) is 19.7. The Labute approximate surface area is 165 Å². The number of aromatic nitrogens is 1. The third kappa shape index (κ3) is 4.61. The van der Waals surface area contributed by atoms with Gasteiger partial charge in [0.2, 0.25) is 10.0 Å². The van der Waals surface area contributed by atoms with E-state index < -0.39 is 10.0 Å². The minimum absolute atomic E-state index is 0.428. The Morgan fingerprint density at radius 3 is 2.54 bits per heavy atom. The van der Waals surface area contributed by atoms with Crippen LogP contribution in [0.25, 0.3) is 22.0 Å². The summed E-state index contributed by atoms with van der Waals surface area (Å²) in [6, 6.07) is 13.5. The van der Waals surface area contributed by atoms with E-state index in [-0.39, 0.29) is 0 Å². The van der Waals surface area contributed by atoms with E-state index in [0.29, 0.717) is 12.2 Å². The molecule has 0 atom stereocenters. The van der Waals surface area contributed by atoms with Gasteiger partial charge in [-0.2, -0.15) is 0 Å². The van der Waals surface area contributed by atoms with E-state index in [1.807, 2.05) is 37.3 Å². The summed E-state index contributed by atoms with van der Waals surface area (Å²) in [5.74, 6) is 0.756. The van der Waals surface area contributed by atoms with Crippen LogP contribution in [0.1, 0.15) is 6.92 Å². The number of methoxy groups -OCH3 is 1. The summed E-state index contributed by atoms with van der Waals surface area (Å²) in [7, 11) is -1.68. The maximum atomic E-state index is 11.3. The van der Waals surface area contributed by atoms with E-state index in [2.05, 4.69) is 21.6 Å². The van der Waals surface area contributed by atoms with Gasteiger partial charge in [-0.25, -0.2) is 8.42 Å². The molecule has 6 nitrogen and oxygen atoms in total. The summed E-state index contributed by atoms with van der Waals surface area (Å²) in [5.41, 5.74) is 4.02. The highest BCUT2D eigenvalue weighted by Gasteiger charge is 2.11. The van der Waals surface area contributed by atoms with Crippen molar-refractivity contribution >= 4 is 32.2 Å². The van der Waals surface area contributed by atoms with Crippen molar-refractivity contribution in [2.45, 2.75) is 6.92 Å². The van der Waals surface area contributed by atoms with Gasteiger partial charge in [0.05, 0.1) is 36.6 Å². The van der Waals surface area contributed by atoms with Crippen LogP contribution in [-0.2, 0) is 10.0 Å². The number of hydrogen-bond donors (Lipinski definition) is 2. The molecule has 3 aromatic rings. The van der Waals surface area contributed by atoms with Gasteiger partial charge >= 0.3 is 0 Å². The van der Waals surface area contributed by atoms with Crippen molar-refractivity contribution in [3.05, 3.63) is 60.8 Å². The molecule has 146 valence electrons. The van der Waals surface area contributed by atoms with Crippen molar-refractivity contribution in [2.75, 3.05) is 29.9 Å². The highest BCUT2D eigenvalue weighted by Crippen LogP contribution is 2.35. The molecule has 0 aliphatic carbocycles. The Bertz CT molecular complexity index is 1120. The smallest absolute Gasteiger partial charge is 0.229 e. The number of hydrogen-bond acceptors (Lipinski definition) is 5. The molecule has 1 heterocycles. The summed E-state index contributed by atoms with van der Waals surface area (Å²) in [6.45, 7) is 6.55. The lowest BCUT2D eigenvalue weighted by molar-refractivity contribution is 0.417. The van der Waals surface area contributed by atoms with Crippen LogP contribution >= 0.6 is 0 Å². The number of nitrogens with zero attached hydrogens (tertiary/aromatic N) is 1. The normalized spacial score (nSPS) is 11.2. The zero-order valence-corrected chi connectivity index (χ0v) is 16.9. The van der Waals surface area contributed by atoms with Crippen LogP contribution in [0.15, 0.2) is 60.8 Å². The van der Waals surface area contributed by atoms with E-state index >= 15 is 0 Å². The molecule has 0 amide bonds. The second kappa shape index (κ2) is 7.90. The maximum Gasteiger partial charge on any atom is 0.229 e. The highest BCUT2D eigenvalue weighted by atomic mass is 32.2. The van der Waals surface area contributed by atoms with Gasteiger partial charge in [0.25, 0.3) is 0 Å². The fraction of sp³-hybridized carbons (Fsp3) is 0.190. The molecule has 0 radical (unpaired) electrons. The molecule has 0 fully saturated rings. The van der Waals surface area contributed by atoms with Crippen LogP contribution in [0.2, 0.25) is 0 Å². The minimum atomic E-state index is -3.33. The van der Waals surface area contributed by atoms with E-state index in [1.54, 1.807) is 19.2 Å². The average Bonchev–Trinajstić information content (AvgIpc) is 2.64. The molecule has 0 aliphatic heterocycles. The van der Waals surface area contributed by atoms with Crippen molar-refractivity contribution in [1.82, 2.24) is 4.98 Å². The molecule has 0 spiro atoms. The van der Waals surface area contributed by atoms with Crippen LogP contribution < -0.4 is 14.8 Å². The zero-order valence-electron chi connectivity index (χ0n) is 16.1. The molecule has 7 heteroatoms. The van der Waals surface area contributed by atoms with Gasteiger partial charge in [-0.1, -0.05) is 30.4 Å². The predicted octanol–water partition coefficient (Wildman–Crippen LogP) is 4.27. The Balaban J connectivity index is 2.02. The van der Waals surface area contributed by atoms with Crippen LogP contribution in [0.3, 0.4) is 0 Å². The largest absolute Gasteiger partial charge is 0.495 e. The maximum absolute atomic E-state index is 11.3. The monoisotopic (exact) mass is 397 g/mol. The van der Waals surface area contributed by atoms with Crippen molar-refractivity contribution in [1.29, 1.82) is 0 Å². The first-order valence-electron chi connectivity index (χ1n) is 8.70. The lowest BCUT2D eigenvalue weighted by atomic mass is 10.0. The number of nitrogens with one attached hydrogen (secondary N) is 2. The van der Waals surface area contributed by atoms with Crippen LogP contribution in [-0.4, -0.2) is 33.3 Å². The predicted molar refractivity (Wildman–Crippen MR) is 116 cm³/mol. The van der Waals surface area contributed by atoms with Gasteiger partial charge in [0.15, 0.2) is 0 Å². The lowest BCUT2D eigenvalue weighted by Gasteiger charge is -2.15. The number of ether oxygens (including phenoxy) is 1. The van der Waals surface area contributed by atoms with Crippen molar-refractivity contribution < 1.29 is 13.2 Å². The standard InChI is InChI=1S/C21H23N3O3S/c1-14(2)12-23-21-18-11-16(6-5-15(18)7-10-20(21)27-3)19-9-8-17(13-22-19)24-28(4,25)26/h5-11,13,23-24H,1,12H2,2-4H3. The summed E-state index contributed by atoms with van der Waals surface area (Å²) < 4.78 is 30.6. The van der Waals surface area contributed by atoms with Crippen LogP contribution in [0, 0.1) is 0 Å². The average molecular weight is 398 g/mol. The fourth-order valence-corrected chi connectivity index (χ4v) is 3.44. The Morgan fingerprint density at radius 2 is 1.93 bits per heavy atom. The summed E-state index contributed by atoms with van der Waals surface area (Å²) in [5, 5.41) is 5.48. The van der Waals surface area contributed by atoms with Crippen molar-refractivity contribution in [2.24, 2.45) is 0 Å². The Kier molecular flexibility index (Phi) is 5.56. The Morgan fingerprint density at radius 1 is 1.18 bits per heavy atom. The van der Waals surface area contributed by atoms with E-state index in [4.69, 9.17) is 4.74 Å². The van der Waals surface area contributed by atoms with Crippen molar-refractivity contribution in [3.63, 3.8) is 0 Å². The first-order chi connectivity index (χ1) is 13.3. The molecule has 2 aromatic carbocycles. The minimum Gasteiger partial charge on any atom is -0.495 e. The summed E-state index contributed by atoms with van der Waals surface area (Å²) in [6.07, 6.45) is 2.61. The zero-order chi connectivity index (χ0) is 20.3. The summed E-state index contributed by atoms with van der Waals surface area (Å²) in [4.78, 5) is 4.39. The SMILES string of the molecule is C=C(C)CNc1c(OC)ccc2ccc(-c3ccc(NS(C)(=O)=O)cn3)cc12. The van der Waals surface area contributed by atoms with Gasteiger partial charge in [-0.3, -0.25) is 9.71 Å². The number of benzene rings is 2. The molecular formula is C21H23N3O3S. The van der Waals surface area contributed by atoms with Gasteiger partial charge in [-0.15, -0.1) is 0 Å². The topological polar surface area (TPSA) is 80.3 Å². The molecule has 2 N–H and O–H groups in total. The quantitative estimate of drug-likeness (QED) is 0.582. The number of pyridine rings is 1. The number of rotatable bonds is 7. The third-order valence-corrected chi connectivity index (χ3v) is 4.74. The first-order valence-corrected chi connectivity index (χ1v) is 10.6. The molecule has 0 saturated heterocycles. The van der Waals surface area contributed by atoms with Crippen LogP contribution in [0.4, 0.5) is 11.4 Å². The molecular weight excluding hydrogens is 374 g/mol. The number of fused-ring (bicyclic) bond motifs is 1. The molecule has 0 bridgehead atoms. The third-order valence-electron chi connectivity index (χ3n) is 4.13.